The third-order valence-corrected chi connectivity index (χ3v) is 3.84. The summed E-state index contributed by atoms with van der Waals surface area (Å²) in [6, 6.07) is 4.45. The van der Waals surface area contributed by atoms with Gasteiger partial charge in [0.1, 0.15) is 6.61 Å². The molecule has 102 valence electrons. The Kier molecular flexibility index (Phi) is 4.50. The summed E-state index contributed by atoms with van der Waals surface area (Å²) in [5.74, 6) is 0.377. The first-order chi connectivity index (χ1) is 9.08. The lowest BCUT2D eigenvalue weighted by molar-refractivity contribution is 0.242. The van der Waals surface area contributed by atoms with Crippen molar-refractivity contribution in [1.82, 2.24) is 9.97 Å². The Labute approximate surface area is 117 Å². The maximum atomic E-state index is 5.95. The lowest BCUT2D eigenvalue weighted by atomic mass is 10.1. The van der Waals surface area contributed by atoms with Gasteiger partial charge < -0.3 is 10.5 Å². The van der Waals surface area contributed by atoms with Crippen molar-refractivity contribution >= 4 is 11.3 Å². The van der Waals surface area contributed by atoms with Crippen LogP contribution in [-0.4, -0.2) is 22.6 Å². The van der Waals surface area contributed by atoms with Crippen molar-refractivity contribution in [3.8, 4) is 16.6 Å². The SMILES string of the molecule is Cc1cnc(OCC(N)C(C)C)nc1-c1cccs1. The molecule has 0 amide bonds. The highest BCUT2D eigenvalue weighted by Crippen LogP contribution is 2.26. The van der Waals surface area contributed by atoms with Crippen LogP contribution >= 0.6 is 11.3 Å². The molecule has 1 unspecified atom stereocenters. The van der Waals surface area contributed by atoms with Gasteiger partial charge in [-0.3, -0.25) is 0 Å². The minimum Gasteiger partial charge on any atom is -0.462 e. The molecule has 5 heteroatoms. The predicted octanol–water partition coefficient (Wildman–Crippen LogP) is 2.88. The van der Waals surface area contributed by atoms with Crippen molar-refractivity contribution in [3.63, 3.8) is 0 Å². The molecule has 2 aromatic heterocycles. The van der Waals surface area contributed by atoms with E-state index in [1.807, 2.05) is 24.4 Å². The van der Waals surface area contributed by atoms with Crippen LogP contribution in [0.5, 0.6) is 6.01 Å². The van der Waals surface area contributed by atoms with Crippen LogP contribution in [0.25, 0.3) is 10.6 Å². The largest absolute Gasteiger partial charge is 0.462 e. The second-order valence-electron chi connectivity index (χ2n) is 4.88. The highest BCUT2D eigenvalue weighted by atomic mass is 32.1. The highest BCUT2D eigenvalue weighted by Gasteiger charge is 2.11. The summed E-state index contributed by atoms with van der Waals surface area (Å²) in [4.78, 5) is 9.79. The zero-order chi connectivity index (χ0) is 13.8. The Bertz CT molecular complexity index is 525. The fourth-order valence-corrected chi connectivity index (χ4v) is 2.30. The van der Waals surface area contributed by atoms with E-state index in [1.165, 1.54) is 0 Å². The Morgan fingerprint density at radius 3 is 2.84 bits per heavy atom. The smallest absolute Gasteiger partial charge is 0.316 e. The van der Waals surface area contributed by atoms with Crippen LogP contribution in [0.2, 0.25) is 0 Å². The predicted molar refractivity (Wildman–Crippen MR) is 78.4 cm³/mol. The first-order valence-electron chi connectivity index (χ1n) is 6.34. The summed E-state index contributed by atoms with van der Waals surface area (Å²) >= 11 is 1.66. The molecule has 0 saturated carbocycles. The van der Waals surface area contributed by atoms with Gasteiger partial charge in [-0.25, -0.2) is 4.98 Å². The average molecular weight is 277 g/mol. The first kappa shape index (κ1) is 14.0. The van der Waals surface area contributed by atoms with E-state index in [0.717, 1.165) is 16.1 Å². The zero-order valence-electron chi connectivity index (χ0n) is 11.5. The molecule has 0 aliphatic rings. The van der Waals surface area contributed by atoms with Crippen molar-refractivity contribution in [2.24, 2.45) is 11.7 Å². The molecule has 2 N–H and O–H groups in total. The molecule has 0 fully saturated rings. The maximum absolute atomic E-state index is 5.95. The fraction of sp³-hybridized carbons (Fsp3) is 0.429. The van der Waals surface area contributed by atoms with Crippen molar-refractivity contribution in [2.75, 3.05) is 6.61 Å². The van der Waals surface area contributed by atoms with Gasteiger partial charge in [-0.1, -0.05) is 19.9 Å². The Balaban J connectivity index is 2.13. The number of thiophene rings is 1. The summed E-state index contributed by atoms with van der Waals surface area (Å²) in [5, 5.41) is 2.03. The topological polar surface area (TPSA) is 61.0 Å². The van der Waals surface area contributed by atoms with Crippen LogP contribution in [0.3, 0.4) is 0 Å². The lowest BCUT2D eigenvalue weighted by Crippen LogP contribution is -2.33. The van der Waals surface area contributed by atoms with Gasteiger partial charge in [-0.15, -0.1) is 11.3 Å². The molecule has 19 heavy (non-hydrogen) atoms. The molecule has 2 rings (SSSR count). The molecule has 2 heterocycles. The number of nitrogens with zero attached hydrogens (tertiary/aromatic N) is 2. The molecular weight excluding hydrogens is 258 g/mol. The third kappa shape index (κ3) is 3.52. The molecule has 4 nitrogen and oxygen atoms in total. The second-order valence-corrected chi connectivity index (χ2v) is 5.83. The minimum atomic E-state index is -0.00455. The number of aromatic nitrogens is 2. The van der Waals surface area contributed by atoms with Crippen LogP contribution in [0.4, 0.5) is 0 Å². The van der Waals surface area contributed by atoms with E-state index in [4.69, 9.17) is 10.5 Å². The Morgan fingerprint density at radius 1 is 1.42 bits per heavy atom. The third-order valence-electron chi connectivity index (χ3n) is 2.97. The molecule has 0 aliphatic carbocycles. The Morgan fingerprint density at radius 2 is 2.21 bits per heavy atom. The van der Waals surface area contributed by atoms with Crippen LogP contribution in [0, 0.1) is 12.8 Å². The summed E-state index contributed by atoms with van der Waals surface area (Å²) < 4.78 is 5.58. The van der Waals surface area contributed by atoms with Crippen molar-refractivity contribution in [2.45, 2.75) is 26.8 Å². The van der Waals surface area contributed by atoms with Crippen LogP contribution in [0.1, 0.15) is 19.4 Å². The quantitative estimate of drug-likeness (QED) is 0.913. The van der Waals surface area contributed by atoms with Crippen LogP contribution in [-0.2, 0) is 0 Å². The molecule has 0 aliphatic heterocycles. The van der Waals surface area contributed by atoms with Crippen LogP contribution in [0.15, 0.2) is 23.7 Å². The normalized spacial score (nSPS) is 12.7. The minimum absolute atomic E-state index is 0.00455. The van der Waals surface area contributed by atoms with E-state index < -0.39 is 0 Å². The van der Waals surface area contributed by atoms with E-state index in [-0.39, 0.29) is 6.04 Å². The monoisotopic (exact) mass is 277 g/mol. The van der Waals surface area contributed by atoms with Gasteiger partial charge in [0, 0.05) is 12.2 Å². The van der Waals surface area contributed by atoms with Crippen molar-refractivity contribution < 1.29 is 4.74 Å². The molecule has 0 aromatic carbocycles. The number of ether oxygens (including phenoxy) is 1. The van der Waals surface area contributed by atoms with Crippen molar-refractivity contribution in [3.05, 3.63) is 29.3 Å². The molecule has 0 bridgehead atoms. The number of aryl methyl sites for hydroxylation is 1. The van der Waals surface area contributed by atoms with E-state index in [0.29, 0.717) is 18.5 Å². The number of hydrogen-bond acceptors (Lipinski definition) is 5. The molecular formula is C14H19N3OS. The standard InChI is InChI=1S/C14H19N3OS/c1-9(2)11(15)8-18-14-16-7-10(3)13(17-14)12-5-4-6-19-12/h4-7,9,11H,8,15H2,1-3H3. The van der Waals surface area contributed by atoms with Gasteiger partial charge >= 0.3 is 6.01 Å². The first-order valence-corrected chi connectivity index (χ1v) is 7.21. The maximum Gasteiger partial charge on any atom is 0.316 e. The van der Waals surface area contributed by atoms with Gasteiger partial charge in [0.05, 0.1) is 10.6 Å². The molecule has 2 aromatic rings. The van der Waals surface area contributed by atoms with Gasteiger partial charge in [0.25, 0.3) is 0 Å². The van der Waals surface area contributed by atoms with E-state index in [1.54, 1.807) is 17.5 Å². The van der Waals surface area contributed by atoms with E-state index >= 15 is 0 Å². The summed E-state index contributed by atoms with van der Waals surface area (Å²) in [5.41, 5.74) is 7.92. The number of rotatable bonds is 5. The molecule has 0 radical (unpaired) electrons. The highest BCUT2D eigenvalue weighted by molar-refractivity contribution is 7.13. The number of nitrogens with two attached hydrogens (primary N) is 1. The van der Waals surface area contributed by atoms with Gasteiger partial charge in [-0.05, 0) is 29.9 Å². The average Bonchev–Trinajstić information content (AvgIpc) is 2.91. The summed E-state index contributed by atoms with van der Waals surface area (Å²) in [6.07, 6.45) is 1.79. The van der Waals surface area contributed by atoms with E-state index in [2.05, 4.69) is 23.8 Å². The van der Waals surface area contributed by atoms with Crippen LogP contribution < -0.4 is 10.5 Å². The fourth-order valence-electron chi connectivity index (χ4n) is 1.52. The van der Waals surface area contributed by atoms with Gasteiger partial charge in [0.2, 0.25) is 0 Å². The van der Waals surface area contributed by atoms with Gasteiger partial charge in [0.15, 0.2) is 0 Å². The lowest BCUT2D eigenvalue weighted by Gasteiger charge is -2.15. The summed E-state index contributed by atoms with van der Waals surface area (Å²) in [7, 11) is 0. The molecule has 0 spiro atoms. The van der Waals surface area contributed by atoms with E-state index in [9.17, 15) is 0 Å². The summed E-state index contributed by atoms with van der Waals surface area (Å²) in [6.45, 7) is 6.57. The number of hydrogen-bond donors (Lipinski definition) is 1. The Hall–Kier alpha value is -1.46. The van der Waals surface area contributed by atoms with Crippen molar-refractivity contribution in [1.29, 1.82) is 0 Å². The molecule has 1 atom stereocenters. The van der Waals surface area contributed by atoms with Gasteiger partial charge in [-0.2, -0.15) is 4.98 Å². The zero-order valence-corrected chi connectivity index (χ0v) is 12.3. The second kappa shape index (κ2) is 6.12. The molecule has 0 saturated heterocycles.